The number of rotatable bonds is 5. The predicted molar refractivity (Wildman–Crippen MR) is 53.9 cm³/mol. The molecular weight excluding hydrogens is 214 g/mol. The molecule has 0 heterocycles. The van der Waals surface area contributed by atoms with E-state index in [1.807, 2.05) is 6.07 Å². The minimum Gasteiger partial charge on any atom is -0.461 e. The van der Waals surface area contributed by atoms with Crippen molar-refractivity contribution in [2.45, 2.75) is 19.3 Å². The van der Waals surface area contributed by atoms with Crippen LogP contribution in [0.4, 0.5) is 0 Å². The molecule has 0 aliphatic rings. The third-order valence-corrected chi connectivity index (χ3v) is 1.84. The summed E-state index contributed by atoms with van der Waals surface area (Å²) in [4.78, 5) is 20.2. The summed E-state index contributed by atoms with van der Waals surface area (Å²) < 4.78 is 4.75. The molecule has 1 unspecified atom stereocenters. The van der Waals surface area contributed by atoms with Gasteiger partial charge < -0.3 is 9.84 Å². The molecule has 6 nitrogen and oxygen atoms in total. The van der Waals surface area contributed by atoms with Crippen molar-refractivity contribution in [2.24, 2.45) is 0 Å². The number of nitrogens with zero attached hydrogens (tertiary/aromatic N) is 1. The standard InChI is InChI=1S/C10H11NO5/c12-9(11(14)15)6-10(13)16-7-8-4-2-1-3-5-8/h1-5,9,12H,6-7H2. The van der Waals surface area contributed by atoms with E-state index in [9.17, 15) is 14.9 Å². The predicted octanol–water partition coefficient (Wildman–Crippen LogP) is 0.715. The Morgan fingerprint density at radius 3 is 2.62 bits per heavy atom. The SMILES string of the molecule is O=C(CC(O)[N+](=O)[O-])OCc1ccccc1. The first kappa shape index (κ1) is 12.1. The van der Waals surface area contributed by atoms with Crippen LogP contribution < -0.4 is 0 Å². The average molecular weight is 225 g/mol. The Kier molecular flexibility index (Phi) is 4.41. The molecule has 0 amide bonds. The van der Waals surface area contributed by atoms with Crippen LogP contribution >= 0.6 is 0 Å². The fourth-order valence-corrected chi connectivity index (χ4v) is 1.02. The third kappa shape index (κ3) is 4.05. The topological polar surface area (TPSA) is 89.7 Å². The smallest absolute Gasteiger partial charge is 0.323 e. The Balaban J connectivity index is 2.33. The summed E-state index contributed by atoms with van der Waals surface area (Å²) >= 11 is 0. The summed E-state index contributed by atoms with van der Waals surface area (Å²) in [6.07, 6.45) is -2.54. The number of carbonyl (C=O) groups excluding carboxylic acids is 1. The van der Waals surface area contributed by atoms with Crippen molar-refractivity contribution in [3.8, 4) is 0 Å². The van der Waals surface area contributed by atoms with E-state index in [2.05, 4.69) is 0 Å². The highest BCUT2D eigenvalue weighted by Gasteiger charge is 2.21. The number of hydrogen-bond donors (Lipinski definition) is 1. The number of hydrogen-bond acceptors (Lipinski definition) is 5. The second-order valence-corrected chi connectivity index (χ2v) is 3.12. The van der Waals surface area contributed by atoms with Crippen molar-refractivity contribution in [3.63, 3.8) is 0 Å². The Labute approximate surface area is 91.6 Å². The van der Waals surface area contributed by atoms with Gasteiger partial charge in [0.2, 0.25) is 0 Å². The van der Waals surface area contributed by atoms with E-state index in [1.165, 1.54) is 0 Å². The van der Waals surface area contributed by atoms with Gasteiger partial charge in [-0.2, -0.15) is 0 Å². The molecule has 16 heavy (non-hydrogen) atoms. The minimum absolute atomic E-state index is 0.0457. The van der Waals surface area contributed by atoms with Crippen LogP contribution in [0.5, 0.6) is 0 Å². The molecule has 86 valence electrons. The lowest BCUT2D eigenvalue weighted by Gasteiger charge is -2.05. The van der Waals surface area contributed by atoms with Crippen LogP contribution in [0.15, 0.2) is 30.3 Å². The maximum absolute atomic E-state index is 11.0. The van der Waals surface area contributed by atoms with Crippen molar-refractivity contribution in [2.75, 3.05) is 0 Å². The Morgan fingerprint density at radius 1 is 1.44 bits per heavy atom. The number of ether oxygens (including phenoxy) is 1. The molecule has 1 aromatic carbocycles. The number of carbonyl (C=O) groups is 1. The largest absolute Gasteiger partial charge is 0.461 e. The molecule has 0 saturated heterocycles. The van der Waals surface area contributed by atoms with Crippen LogP contribution in [0.3, 0.4) is 0 Å². The zero-order chi connectivity index (χ0) is 12.0. The van der Waals surface area contributed by atoms with Crippen LogP contribution in [0.25, 0.3) is 0 Å². The van der Waals surface area contributed by atoms with E-state index in [0.717, 1.165) is 5.56 Å². The number of aliphatic hydroxyl groups is 1. The van der Waals surface area contributed by atoms with E-state index >= 15 is 0 Å². The van der Waals surface area contributed by atoms with Crippen molar-refractivity contribution in [1.29, 1.82) is 0 Å². The highest BCUT2D eigenvalue weighted by atomic mass is 16.7. The summed E-state index contributed by atoms with van der Waals surface area (Å²) in [5.74, 6) is -0.798. The second-order valence-electron chi connectivity index (χ2n) is 3.12. The second kappa shape index (κ2) is 5.82. The zero-order valence-electron chi connectivity index (χ0n) is 8.41. The minimum atomic E-state index is -1.90. The Bertz CT molecular complexity index is 365. The molecule has 0 radical (unpaired) electrons. The van der Waals surface area contributed by atoms with Gasteiger partial charge in [-0.1, -0.05) is 30.3 Å². The Morgan fingerprint density at radius 2 is 2.06 bits per heavy atom. The lowest BCUT2D eigenvalue weighted by atomic mass is 10.2. The quantitative estimate of drug-likeness (QED) is 0.345. The van der Waals surface area contributed by atoms with Gasteiger partial charge in [0.25, 0.3) is 0 Å². The summed E-state index contributed by atoms with van der Waals surface area (Å²) in [6, 6.07) is 8.92. The van der Waals surface area contributed by atoms with Gasteiger partial charge in [0, 0.05) is 0 Å². The van der Waals surface area contributed by atoms with E-state index in [-0.39, 0.29) is 6.61 Å². The first-order valence-corrected chi connectivity index (χ1v) is 4.60. The Hall–Kier alpha value is -1.95. The summed E-state index contributed by atoms with van der Waals surface area (Å²) in [5.41, 5.74) is 0.784. The zero-order valence-corrected chi connectivity index (χ0v) is 8.41. The molecule has 1 atom stereocenters. The van der Waals surface area contributed by atoms with E-state index in [0.29, 0.717) is 0 Å². The van der Waals surface area contributed by atoms with E-state index < -0.39 is 23.5 Å². The van der Waals surface area contributed by atoms with Gasteiger partial charge in [-0.05, 0) is 5.56 Å². The lowest BCUT2D eigenvalue weighted by Crippen LogP contribution is -2.23. The molecule has 6 heteroatoms. The van der Waals surface area contributed by atoms with Crippen LogP contribution in [-0.4, -0.2) is 22.2 Å². The molecule has 0 aliphatic heterocycles. The lowest BCUT2D eigenvalue weighted by molar-refractivity contribution is -0.569. The number of benzene rings is 1. The van der Waals surface area contributed by atoms with Crippen LogP contribution in [0.2, 0.25) is 0 Å². The first-order chi connectivity index (χ1) is 7.59. The molecule has 0 fully saturated rings. The third-order valence-electron chi connectivity index (χ3n) is 1.84. The first-order valence-electron chi connectivity index (χ1n) is 4.60. The van der Waals surface area contributed by atoms with Crippen molar-refractivity contribution in [1.82, 2.24) is 0 Å². The van der Waals surface area contributed by atoms with Crippen molar-refractivity contribution < 1.29 is 19.6 Å². The molecule has 0 aliphatic carbocycles. The molecular formula is C10H11NO5. The maximum Gasteiger partial charge on any atom is 0.323 e. The van der Waals surface area contributed by atoms with Crippen LogP contribution in [-0.2, 0) is 16.1 Å². The average Bonchev–Trinajstić information content (AvgIpc) is 2.27. The van der Waals surface area contributed by atoms with Gasteiger partial charge in [-0.15, -0.1) is 0 Å². The van der Waals surface area contributed by atoms with Crippen molar-refractivity contribution >= 4 is 5.97 Å². The molecule has 0 saturated carbocycles. The van der Waals surface area contributed by atoms with Gasteiger partial charge in [-0.25, -0.2) is 0 Å². The van der Waals surface area contributed by atoms with E-state index in [4.69, 9.17) is 9.84 Å². The normalized spacial score (nSPS) is 11.8. The fourth-order valence-electron chi connectivity index (χ4n) is 1.02. The number of nitro groups is 1. The molecule has 0 spiro atoms. The molecule has 0 aromatic heterocycles. The monoisotopic (exact) mass is 225 g/mol. The fraction of sp³-hybridized carbons (Fsp3) is 0.300. The number of esters is 1. The van der Waals surface area contributed by atoms with E-state index in [1.54, 1.807) is 24.3 Å². The van der Waals surface area contributed by atoms with Gasteiger partial charge >= 0.3 is 12.2 Å². The van der Waals surface area contributed by atoms with Gasteiger partial charge in [0.15, 0.2) is 0 Å². The number of aliphatic hydroxyl groups excluding tert-OH is 1. The summed E-state index contributed by atoms with van der Waals surface area (Å²) in [7, 11) is 0. The summed E-state index contributed by atoms with van der Waals surface area (Å²) in [6.45, 7) is 0.0457. The van der Waals surface area contributed by atoms with Crippen molar-refractivity contribution in [3.05, 3.63) is 46.0 Å². The van der Waals surface area contributed by atoms with Gasteiger partial charge in [-0.3, -0.25) is 14.9 Å². The van der Waals surface area contributed by atoms with Gasteiger partial charge in [0.05, 0.1) is 4.92 Å². The molecule has 1 N–H and O–H groups in total. The summed E-state index contributed by atoms with van der Waals surface area (Å²) in [5, 5.41) is 18.9. The maximum atomic E-state index is 11.0. The van der Waals surface area contributed by atoms with Crippen LogP contribution in [0, 0.1) is 10.1 Å². The highest BCUT2D eigenvalue weighted by molar-refractivity contribution is 5.69. The van der Waals surface area contributed by atoms with Gasteiger partial charge in [0.1, 0.15) is 13.0 Å². The molecule has 1 aromatic rings. The molecule has 1 rings (SSSR count). The molecule has 0 bridgehead atoms. The highest BCUT2D eigenvalue weighted by Crippen LogP contribution is 2.03. The van der Waals surface area contributed by atoms with Crippen LogP contribution in [0.1, 0.15) is 12.0 Å².